The molecular weight excluding hydrogens is 336 g/mol. The van der Waals surface area contributed by atoms with E-state index in [1.54, 1.807) is 20.0 Å². The zero-order valence-corrected chi connectivity index (χ0v) is 13.8. The first-order chi connectivity index (χ1) is 11.4. The minimum absolute atomic E-state index is 0.260. The zero-order chi connectivity index (χ0) is 17.4. The molecule has 0 aromatic carbocycles. The average Bonchev–Trinajstić information content (AvgIpc) is 2.93. The van der Waals surface area contributed by atoms with Gasteiger partial charge in [-0.25, -0.2) is 9.36 Å². The summed E-state index contributed by atoms with van der Waals surface area (Å²) in [4.78, 5) is 40.4. The van der Waals surface area contributed by atoms with Crippen LogP contribution in [0, 0.1) is 17.0 Å². The Kier molecular flexibility index (Phi) is 4.06. The molecule has 0 spiro atoms. The summed E-state index contributed by atoms with van der Waals surface area (Å²) in [6, 6.07) is 1.40. The van der Waals surface area contributed by atoms with Crippen LogP contribution in [0.25, 0.3) is 11.8 Å². The number of fused-ring (bicyclic) bond motifs is 1. The molecule has 3 rings (SSSR count). The summed E-state index contributed by atoms with van der Waals surface area (Å²) in [6.45, 7) is 1.43. The van der Waals surface area contributed by atoms with Gasteiger partial charge in [-0.1, -0.05) is 0 Å². The molecule has 126 valence electrons. The van der Waals surface area contributed by atoms with E-state index >= 15 is 0 Å². The quantitative estimate of drug-likeness (QED) is 0.600. The van der Waals surface area contributed by atoms with E-state index in [2.05, 4.69) is 9.21 Å². The third kappa shape index (κ3) is 2.75. The van der Waals surface area contributed by atoms with Crippen molar-refractivity contribution in [3.8, 4) is 0 Å². The predicted octanol–water partition coefficient (Wildman–Crippen LogP) is 0.965. The van der Waals surface area contributed by atoms with Crippen LogP contribution >= 0.6 is 11.5 Å². The summed E-state index contributed by atoms with van der Waals surface area (Å²) in [5, 5.41) is 9.49. The highest BCUT2D eigenvalue weighted by atomic mass is 32.1. The fourth-order valence-corrected chi connectivity index (χ4v) is 3.43. The van der Waals surface area contributed by atoms with Gasteiger partial charge in [0.05, 0.1) is 5.69 Å². The van der Waals surface area contributed by atoms with Gasteiger partial charge in [-0.05, 0) is 37.4 Å². The van der Waals surface area contributed by atoms with Gasteiger partial charge in [-0.15, -0.1) is 10.1 Å². The molecule has 10 heteroatoms. The summed E-state index contributed by atoms with van der Waals surface area (Å²) >= 11 is 1.25. The zero-order valence-electron chi connectivity index (χ0n) is 13.0. The predicted molar refractivity (Wildman–Crippen MR) is 87.1 cm³/mol. The van der Waals surface area contributed by atoms with Crippen LogP contribution in [-0.4, -0.2) is 18.6 Å². The molecule has 2 aromatic rings. The maximum atomic E-state index is 12.4. The Morgan fingerprint density at radius 1 is 1.42 bits per heavy atom. The first-order valence-electron chi connectivity index (χ1n) is 7.14. The molecule has 2 heterocycles. The second kappa shape index (κ2) is 6.04. The summed E-state index contributed by atoms with van der Waals surface area (Å²) in [5.74, 6) is 0. The SMILES string of the molecule is Cc1cc(=O)n(C2=Cc3c(CO[N+](=O)[O-])nsc3CC2)c(=O)n1C. The molecule has 0 saturated heterocycles. The normalized spacial score (nSPS) is 13.3. The van der Waals surface area contributed by atoms with E-state index in [1.165, 1.54) is 22.2 Å². The fraction of sp³-hybridized carbons (Fsp3) is 0.357. The molecule has 0 atom stereocenters. The van der Waals surface area contributed by atoms with Crippen molar-refractivity contribution >= 4 is 23.3 Å². The second-order valence-corrected chi connectivity index (χ2v) is 6.26. The maximum absolute atomic E-state index is 12.4. The largest absolute Gasteiger partial charge is 0.335 e. The topological polar surface area (TPSA) is 109 Å². The van der Waals surface area contributed by atoms with Crippen molar-refractivity contribution in [1.29, 1.82) is 0 Å². The van der Waals surface area contributed by atoms with Gasteiger partial charge in [-0.3, -0.25) is 4.79 Å². The first kappa shape index (κ1) is 16.1. The average molecular weight is 350 g/mol. The van der Waals surface area contributed by atoms with Crippen molar-refractivity contribution in [3.63, 3.8) is 0 Å². The molecule has 0 saturated carbocycles. The summed E-state index contributed by atoms with van der Waals surface area (Å²) in [7, 11) is 1.60. The van der Waals surface area contributed by atoms with Gasteiger partial charge >= 0.3 is 5.69 Å². The van der Waals surface area contributed by atoms with Crippen LogP contribution in [0.3, 0.4) is 0 Å². The molecule has 0 aliphatic heterocycles. The Hall–Kier alpha value is -2.75. The van der Waals surface area contributed by atoms with Gasteiger partial charge in [0, 0.05) is 34.9 Å². The lowest BCUT2D eigenvalue weighted by molar-refractivity contribution is -0.763. The molecule has 0 bridgehead atoms. The molecule has 1 aliphatic carbocycles. The van der Waals surface area contributed by atoms with Crippen LogP contribution in [-0.2, 0) is 24.9 Å². The minimum atomic E-state index is -0.876. The van der Waals surface area contributed by atoms with Crippen molar-refractivity contribution in [2.24, 2.45) is 7.05 Å². The van der Waals surface area contributed by atoms with Crippen LogP contribution in [0.15, 0.2) is 15.7 Å². The van der Waals surface area contributed by atoms with Crippen molar-refractivity contribution in [2.75, 3.05) is 0 Å². The molecule has 1 aliphatic rings. The van der Waals surface area contributed by atoms with Crippen molar-refractivity contribution < 1.29 is 9.92 Å². The Bertz CT molecular complexity index is 969. The number of aryl methyl sites for hydroxylation is 2. The number of allylic oxidation sites excluding steroid dienone is 1. The van der Waals surface area contributed by atoms with Gasteiger partial charge in [-0.2, -0.15) is 4.37 Å². The number of aromatic nitrogens is 3. The van der Waals surface area contributed by atoms with Crippen molar-refractivity contribution in [1.82, 2.24) is 13.5 Å². The highest BCUT2D eigenvalue weighted by molar-refractivity contribution is 7.06. The van der Waals surface area contributed by atoms with Gasteiger partial charge in [0.1, 0.15) is 6.61 Å². The molecule has 0 N–H and O–H groups in total. The number of hydrogen-bond donors (Lipinski definition) is 0. The lowest BCUT2D eigenvalue weighted by Crippen LogP contribution is -2.39. The molecule has 24 heavy (non-hydrogen) atoms. The summed E-state index contributed by atoms with van der Waals surface area (Å²) in [6.07, 6.45) is 2.82. The molecule has 0 radical (unpaired) electrons. The highest BCUT2D eigenvalue weighted by Gasteiger charge is 2.21. The molecule has 0 unspecified atom stereocenters. The van der Waals surface area contributed by atoms with Crippen LogP contribution in [0.5, 0.6) is 0 Å². The first-order valence-corrected chi connectivity index (χ1v) is 7.91. The second-order valence-electron chi connectivity index (χ2n) is 5.40. The monoisotopic (exact) mass is 350 g/mol. The van der Waals surface area contributed by atoms with E-state index in [-0.39, 0.29) is 6.61 Å². The molecule has 9 nitrogen and oxygen atoms in total. The lowest BCUT2D eigenvalue weighted by atomic mass is 10.0. The van der Waals surface area contributed by atoms with Gasteiger partial charge in [0.2, 0.25) is 0 Å². The molecule has 2 aromatic heterocycles. The lowest BCUT2D eigenvalue weighted by Gasteiger charge is -2.16. The van der Waals surface area contributed by atoms with Gasteiger partial charge in [0.15, 0.2) is 0 Å². The molecule has 0 fully saturated rings. The van der Waals surface area contributed by atoms with E-state index in [0.29, 0.717) is 35.5 Å². The van der Waals surface area contributed by atoms with Crippen LogP contribution < -0.4 is 11.2 Å². The molecular formula is C14H14N4O5S. The van der Waals surface area contributed by atoms with Crippen molar-refractivity contribution in [2.45, 2.75) is 26.4 Å². The standard InChI is InChI=1S/C14H14N4O5S/c1-8-5-13(19)17(14(20)16(8)2)9-3-4-12-10(6-9)11(15-24-12)7-23-18(21)22/h5-6H,3-4,7H2,1-2H3. The smallest absolute Gasteiger partial charge is 0.307 e. The fourth-order valence-electron chi connectivity index (χ4n) is 2.59. The number of hydrogen-bond acceptors (Lipinski definition) is 7. The minimum Gasteiger partial charge on any atom is -0.307 e. The van der Waals surface area contributed by atoms with E-state index in [1.807, 2.05) is 0 Å². The third-order valence-corrected chi connectivity index (χ3v) is 4.91. The summed E-state index contributed by atoms with van der Waals surface area (Å²) in [5.41, 5.74) is 1.45. The van der Waals surface area contributed by atoms with Crippen molar-refractivity contribution in [3.05, 3.63) is 58.8 Å². The van der Waals surface area contributed by atoms with E-state index < -0.39 is 16.3 Å². The summed E-state index contributed by atoms with van der Waals surface area (Å²) < 4.78 is 6.71. The van der Waals surface area contributed by atoms with Gasteiger partial charge in [0.25, 0.3) is 10.6 Å². The number of nitrogens with zero attached hydrogens (tertiary/aromatic N) is 4. The van der Waals surface area contributed by atoms with Crippen LogP contribution in [0.2, 0.25) is 0 Å². The third-order valence-electron chi connectivity index (χ3n) is 3.95. The Balaban J connectivity index is 2.08. The van der Waals surface area contributed by atoms with Crippen LogP contribution in [0.4, 0.5) is 0 Å². The maximum Gasteiger partial charge on any atom is 0.335 e. The highest BCUT2D eigenvalue weighted by Crippen LogP contribution is 2.31. The van der Waals surface area contributed by atoms with E-state index in [9.17, 15) is 19.7 Å². The Morgan fingerprint density at radius 2 is 2.17 bits per heavy atom. The van der Waals surface area contributed by atoms with E-state index in [0.717, 1.165) is 9.44 Å². The molecule has 0 amide bonds. The number of rotatable bonds is 4. The van der Waals surface area contributed by atoms with Crippen LogP contribution in [0.1, 0.15) is 28.2 Å². The Labute approximate surface area is 139 Å². The van der Waals surface area contributed by atoms with Gasteiger partial charge < -0.3 is 9.40 Å². The Morgan fingerprint density at radius 3 is 2.88 bits per heavy atom. The van der Waals surface area contributed by atoms with E-state index in [4.69, 9.17) is 0 Å².